The van der Waals surface area contributed by atoms with Crippen LogP contribution in [-0.2, 0) is 10.8 Å². The predicted octanol–water partition coefficient (Wildman–Crippen LogP) is 3.24. The Balaban J connectivity index is 2.68. The summed E-state index contributed by atoms with van der Waals surface area (Å²) in [5.41, 5.74) is 0. The van der Waals surface area contributed by atoms with Crippen molar-refractivity contribution in [2.24, 2.45) is 0 Å². The van der Waals surface area contributed by atoms with Crippen LogP contribution in [0.2, 0.25) is 0 Å². The van der Waals surface area contributed by atoms with Crippen LogP contribution in [0, 0.1) is 11.6 Å². The summed E-state index contributed by atoms with van der Waals surface area (Å²) >= 11 is 0. The van der Waals surface area contributed by atoms with E-state index in [1.165, 1.54) is 0 Å². The molecule has 0 heterocycles. The van der Waals surface area contributed by atoms with Gasteiger partial charge in [-0.15, -0.1) is 0 Å². The van der Waals surface area contributed by atoms with E-state index in [1.807, 2.05) is 6.92 Å². The molecule has 0 radical (unpaired) electrons. The molecule has 19 heavy (non-hydrogen) atoms. The summed E-state index contributed by atoms with van der Waals surface area (Å²) < 4.78 is 38.8. The Morgan fingerprint density at radius 2 is 2.00 bits per heavy atom. The number of halogens is 2. The third-order valence-electron chi connectivity index (χ3n) is 2.90. The fourth-order valence-corrected chi connectivity index (χ4v) is 3.29. The summed E-state index contributed by atoms with van der Waals surface area (Å²) in [5.74, 6) is -1.17. The lowest BCUT2D eigenvalue weighted by Gasteiger charge is -2.18. The van der Waals surface area contributed by atoms with Crippen LogP contribution < -0.4 is 5.32 Å². The van der Waals surface area contributed by atoms with E-state index >= 15 is 0 Å². The maximum atomic E-state index is 13.5. The average molecular weight is 289 g/mol. The Morgan fingerprint density at radius 3 is 2.63 bits per heavy atom. The largest absolute Gasteiger partial charge is 0.314 e. The van der Waals surface area contributed by atoms with Gasteiger partial charge in [0, 0.05) is 11.3 Å². The van der Waals surface area contributed by atoms with Gasteiger partial charge in [0.1, 0.15) is 11.6 Å². The van der Waals surface area contributed by atoms with Crippen LogP contribution in [0.25, 0.3) is 0 Å². The monoisotopic (exact) mass is 289 g/mol. The zero-order valence-corrected chi connectivity index (χ0v) is 12.4. The lowest BCUT2D eigenvalue weighted by Crippen LogP contribution is -2.31. The zero-order chi connectivity index (χ0) is 14.4. The van der Waals surface area contributed by atoms with Gasteiger partial charge in [-0.3, -0.25) is 4.21 Å². The quantitative estimate of drug-likeness (QED) is 0.835. The fourth-order valence-electron chi connectivity index (χ4n) is 1.91. The second-order valence-corrected chi connectivity index (χ2v) is 6.61. The lowest BCUT2D eigenvalue weighted by atomic mass is 10.2. The van der Waals surface area contributed by atoms with E-state index in [0.717, 1.165) is 31.2 Å². The van der Waals surface area contributed by atoms with Crippen molar-refractivity contribution in [3.63, 3.8) is 0 Å². The number of rotatable bonds is 7. The molecule has 108 valence electrons. The molecule has 2 nitrogen and oxygen atoms in total. The first-order valence-electron chi connectivity index (χ1n) is 6.54. The fraction of sp³-hybridized carbons (Fsp3) is 0.571. The first-order chi connectivity index (χ1) is 8.95. The number of hydrogen-bond donors (Lipinski definition) is 1. The van der Waals surface area contributed by atoms with E-state index in [4.69, 9.17) is 0 Å². The van der Waals surface area contributed by atoms with Crippen molar-refractivity contribution in [3.8, 4) is 0 Å². The van der Waals surface area contributed by atoms with Gasteiger partial charge in [-0.1, -0.05) is 13.8 Å². The number of hydrogen-bond acceptors (Lipinski definition) is 2. The van der Waals surface area contributed by atoms with Gasteiger partial charge in [0.25, 0.3) is 0 Å². The maximum Gasteiger partial charge on any atom is 0.139 e. The molecular formula is C14H21F2NOS. The van der Waals surface area contributed by atoms with Gasteiger partial charge in [0.05, 0.1) is 15.7 Å². The molecule has 1 aromatic carbocycles. The molecule has 3 unspecified atom stereocenters. The van der Waals surface area contributed by atoms with Crippen LogP contribution >= 0.6 is 0 Å². The molecule has 0 amide bonds. The summed E-state index contributed by atoms with van der Waals surface area (Å²) in [7, 11) is -1.53. The molecule has 1 aromatic rings. The van der Waals surface area contributed by atoms with Crippen LogP contribution in [0.15, 0.2) is 23.1 Å². The minimum absolute atomic E-state index is 0.0461. The van der Waals surface area contributed by atoms with E-state index in [0.29, 0.717) is 6.42 Å². The highest BCUT2D eigenvalue weighted by molar-refractivity contribution is 7.85. The molecule has 1 N–H and O–H groups in total. The van der Waals surface area contributed by atoms with Gasteiger partial charge in [-0.2, -0.15) is 0 Å². The van der Waals surface area contributed by atoms with Crippen molar-refractivity contribution >= 4 is 10.8 Å². The third-order valence-corrected chi connectivity index (χ3v) is 4.57. The lowest BCUT2D eigenvalue weighted by molar-refractivity contribution is 0.507. The Hall–Kier alpha value is -0.810. The highest BCUT2D eigenvalue weighted by Crippen LogP contribution is 2.19. The summed E-state index contributed by atoms with van der Waals surface area (Å²) in [6, 6.07) is 3.28. The van der Waals surface area contributed by atoms with Crippen molar-refractivity contribution in [2.75, 3.05) is 6.54 Å². The smallest absolute Gasteiger partial charge is 0.139 e. The van der Waals surface area contributed by atoms with Gasteiger partial charge in [0.15, 0.2) is 0 Å². The minimum atomic E-state index is -1.53. The predicted molar refractivity (Wildman–Crippen MR) is 74.6 cm³/mol. The third kappa shape index (κ3) is 4.99. The summed E-state index contributed by atoms with van der Waals surface area (Å²) in [6.07, 6.45) is 1.68. The Labute approximate surface area is 116 Å². The first-order valence-corrected chi connectivity index (χ1v) is 7.76. The molecule has 0 aromatic heterocycles. The van der Waals surface area contributed by atoms with Crippen LogP contribution in [0.4, 0.5) is 8.78 Å². The van der Waals surface area contributed by atoms with E-state index < -0.39 is 22.4 Å². The topological polar surface area (TPSA) is 29.1 Å². The highest BCUT2D eigenvalue weighted by atomic mass is 32.2. The Morgan fingerprint density at radius 1 is 1.32 bits per heavy atom. The second kappa shape index (κ2) is 7.70. The van der Waals surface area contributed by atoms with Gasteiger partial charge < -0.3 is 5.32 Å². The summed E-state index contributed by atoms with van der Waals surface area (Å²) in [6.45, 7) is 6.77. The Kier molecular flexibility index (Phi) is 6.58. The van der Waals surface area contributed by atoms with Crippen molar-refractivity contribution < 1.29 is 13.0 Å². The molecule has 0 fully saturated rings. The molecule has 0 aliphatic carbocycles. The maximum absolute atomic E-state index is 13.5. The molecule has 0 saturated heterocycles. The van der Waals surface area contributed by atoms with Crippen molar-refractivity contribution in [1.82, 2.24) is 5.32 Å². The normalized spacial score (nSPS) is 16.1. The number of nitrogens with one attached hydrogen (secondary N) is 1. The highest BCUT2D eigenvalue weighted by Gasteiger charge is 2.19. The average Bonchev–Trinajstić information content (AvgIpc) is 2.38. The van der Waals surface area contributed by atoms with E-state index in [9.17, 15) is 13.0 Å². The standard InChI is InChI=1S/C14H21F2NOS/c1-4-7-17-10(2)8-11(3)19(18)14-9-12(15)5-6-13(14)16/h5-6,9-11,17H,4,7-8H2,1-3H3. The summed E-state index contributed by atoms with van der Waals surface area (Å²) in [5, 5.41) is 3.07. The van der Waals surface area contributed by atoms with Gasteiger partial charge in [-0.05, 0) is 44.5 Å². The summed E-state index contributed by atoms with van der Waals surface area (Å²) in [4.78, 5) is -0.0461. The van der Waals surface area contributed by atoms with Crippen LogP contribution in [0.5, 0.6) is 0 Å². The minimum Gasteiger partial charge on any atom is -0.314 e. The zero-order valence-electron chi connectivity index (χ0n) is 11.6. The molecule has 1 rings (SSSR count). The van der Waals surface area contributed by atoms with Gasteiger partial charge in [-0.25, -0.2) is 8.78 Å². The molecule has 5 heteroatoms. The van der Waals surface area contributed by atoms with E-state index in [-0.39, 0.29) is 16.2 Å². The van der Waals surface area contributed by atoms with E-state index in [2.05, 4.69) is 12.2 Å². The second-order valence-electron chi connectivity index (χ2n) is 4.77. The SMILES string of the molecule is CCCNC(C)CC(C)S(=O)c1cc(F)ccc1F. The Bertz CT molecular complexity index is 439. The number of benzene rings is 1. The molecule has 0 aliphatic rings. The molecule has 0 saturated carbocycles. The van der Waals surface area contributed by atoms with Gasteiger partial charge >= 0.3 is 0 Å². The van der Waals surface area contributed by atoms with Crippen LogP contribution in [-0.4, -0.2) is 22.0 Å². The molecule has 0 bridgehead atoms. The first kappa shape index (κ1) is 16.2. The van der Waals surface area contributed by atoms with Crippen LogP contribution in [0.3, 0.4) is 0 Å². The molecular weight excluding hydrogens is 268 g/mol. The van der Waals surface area contributed by atoms with Gasteiger partial charge in [0.2, 0.25) is 0 Å². The molecule has 3 atom stereocenters. The van der Waals surface area contributed by atoms with Crippen LogP contribution in [0.1, 0.15) is 33.6 Å². The van der Waals surface area contributed by atoms with E-state index in [1.54, 1.807) is 6.92 Å². The van der Waals surface area contributed by atoms with Crippen molar-refractivity contribution in [2.45, 2.75) is 49.8 Å². The van der Waals surface area contributed by atoms with Crippen molar-refractivity contribution in [1.29, 1.82) is 0 Å². The molecule has 0 spiro atoms. The molecule has 0 aliphatic heterocycles. The van der Waals surface area contributed by atoms with Crippen molar-refractivity contribution in [3.05, 3.63) is 29.8 Å².